The van der Waals surface area contributed by atoms with Gasteiger partial charge < -0.3 is 10.6 Å². The van der Waals surface area contributed by atoms with E-state index in [-0.39, 0.29) is 0 Å². The Morgan fingerprint density at radius 3 is 2.52 bits per heavy atom. The number of nitrogens with zero attached hydrogens (tertiary/aromatic N) is 5. The van der Waals surface area contributed by atoms with E-state index in [0.717, 1.165) is 30.3 Å². The zero-order chi connectivity index (χ0) is 21.3. The van der Waals surface area contributed by atoms with Crippen molar-refractivity contribution in [3.05, 3.63) is 102 Å². The molecular weight excluding hydrogens is 386 g/mol. The van der Waals surface area contributed by atoms with E-state index in [4.69, 9.17) is 4.99 Å². The van der Waals surface area contributed by atoms with Crippen LogP contribution in [0.15, 0.2) is 90.4 Å². The Morgan fingerprint density at radius 2 is 1.74 bits per heavy atom. The molecule has 7 heteroatoms. The van der Waals surface area contributed by atoms with Crippen LogP contribution in [0.5, 0.6) is 0 Å². The summed E-state index contributed by atoms with van der Waals surface area (Å²) in [5, 5.41) is 15.4. The van der Waals surface area contributed by atoms with Crippen molar-refractivity contribution in [1.29, 1.82) is 0 Å². The number of aromatic nitrogens is 4. The molecule has 0 atom stereocenters. The molecule has 0 fully saturated rings. The normalized spacial score (nSPS) is 11.5. The summed E-state index contributed by atoms with van der Waals surface area (Å²) < 4.78 is 3.79. The van der Waals surface area contributed by atoms with Crippen LogP contribution < -0.4 is 10.6 Å². The van der Waals surface area contributed by atoms with Crippen LogP contribution in [-0.4, -0.2) is 32.1 Å². The molecule has 4 rings (SSSR count). The van der Waals surface area contributed by atoms with E-state index in [1.807, 2.05) is 46.0 Å². The molecule has 0 unspecified atom stereocenters. The first-order valence-electron chi connectivity index (χ1n) is 10.5. The fourth-order valence-corrected chi connectivity index (χ4v) is 3.36. The number of hydrogen-bond acceptors (Lipinski definition) is 3. The highest BCUT2D eigenvalue weighted by Crippen LogP contribution is 2.12. The number of rotatable bonds is 8. The van der Waals surface area contributed by atoms with E-state index in [2.05, 4.69) is 64.2 Å². The number of hydrogen-bond donors (Lipinski definition) is 2. The van der Waals surface area contributed by atoms with Gasteiger partial charge in [-0.1, -0.05) is 36.4 Å². The third-order valence-electron chi connectivity index (χ3n) is 4.90. The van der Waals surface area contributed by atoms with Crippen molar-refractivity contribution in [2.75, 3.05) is 6.54 Å². The van der Waals surface area contributed by atoms with Crippen LogP contribution in [0.25, 0.3) is 5.69 Å². The van der Waals surface area contributed by atoms with Gasteiger partial charge in [-0.3, -0.25) is 4.68 Å². The lowest BCUT2D eigenvalue weighted by Gasteiger charge is -2.14. The number of benzene rings is 2. The molecule has 31 heavy (non-hydrogen) atoms. The Hall–Kier alpha value is -3.87. The quantitative estimate of drug-likeness (QED) is 0.343. The molecule has 0 bridgehead atoms. The van der Waals surface area contributed by atoms with E-state index in [1.54, 1.807) is 12.4 Å². The number of guanidine groups is 1. The molecule has 0 spiro atoms. The molecule has 0 aliphatic carbocycles. The summed E-state index contributed by atoms with van der Waals surface area (Å²) in [5.74, 6) is 0.792. The van der Waals surface area contributed by atoms with Crippen molar-refractivity contribution in [3.8, 4) is 5.69 Å². The minimum Gasteiger partial charge on any atom is -0.357 e. The largest absolute Gasteiger partial charge is 0.357 e. The Balaban J connectivity index is 1.43. The Bertz CT molecular complexity index is 1100. The highest BCUT2D eigenvalue weighted by atomic mass is 15.3. The first kappa shape index (κ1) is 20.4. The average molecular weight is 414 g/mol. The van der Waals surface area contributed by atoms with Crippen LogP contribution in [0.1, 0.15) is 23.6 Å². The van der Waals surface area contributed by atoms with Crippen LogP contribution in [-0.2, 0) is 19.6 Å². The fraction of sp³-hybridized carbons (Fsp3) is 0.208. The summed E-state index contributed by atoms with van der Waals surface area (Å²) in [6.07, 6.45) is 7.50. The lowest BCUT2D eigenvalue weighted by atomic mass is 10.1. The van der Waals surface area contributed by atoms with Gasteiger partial charge in [-0.25, -0.2) is 9.67 Å². The van der Waals surface area contributed by atoms with Crippen molar-refractivity contribution in [2.24, 2.45) is 4.99 Å². The maximum atomic E-state index is 4.77. The zero-order valence-electron chi connectivity index (χ0n) is 17.6. The molecule has 2 aromatic heterocycles. The highest BCUT2D eigenvalue weighted by Gasteiger charge is 2.05. The summed E-state index contributed by atoms with van der Waals surface area (Å²) in [6.45, 7) is 4.89. The van der Waals surface area contributed by atoms with Gasteiger partial charge in [0.05, 0.1) is 18.8 Å². The minimum absolute atomic E-state index is 0.583. The van der Waals surface area contributed by atoms with Crippen molar-refractivity contribution < 1.29 is 0 Å². The summed E-state index contributed by atoms with van der Waals surface area (Å²) in [5.41, 5.74) is 4.62. The van der Waals surface area contributed by atoms with Gasteiger partial charge in [-0.15, -0.1) is 0 Å². The Morgan fingerprint density at radius 1 is 0.903 bits per heavy atom. The zero-order valence-corrected chi connectivity index (χ0v) is 17.6. The smallest absolute Gasteiger partial charge is 0.191 e. The van der Waals surface area contributed by atoms with E-state index in [0.29, 0.717) is 13.1 Å². The molecule has 4 aromatic rings. The minimum atomic E-state index is 0.583. The second-order valence-electron chi connectivity index (χ2n) is 7.14. The van der Waals surface area contributed by atoms with Crippen LogP contribution in [0, 0.1) is 0 Å². The molecule has 0 aliphatic heterocycles. The number of nitrogens with one attached hydrogen (secondary N) is 2. The summed E-state index contributed by atoms with van der Waals surface area (Å²) in [6, 6.07) is 20.5. The maximum Gasteiger partial charge on any atom is 0.191 e. The van der Waals surface area contributed by atoms with Crippen LogP contribution in [0.3, 0.4) is 0 Å². The van der Waals surface area contributed by atoms with Crippen molar-refractivity contribution in [1.82, 2.24) is 30.2 Å². The topological polar surface area (TPSA) is 72.1 Å². The van der Waals surface area contributed by atoms with Gasteiger partial charge in [-0.2, -0.15) is 10.2 Å². The van der Waals surface area contributed by atoms with Gasteiger partial charge in [0.15, 0.2) is 5.96 Å². The molecule has 2 heterocycles. The van der Waals surface area contributed by atoms with Gasteiger partial charge in [0.1, 0.15) is 0 Å². The molecule has 0 radical (unpaired) electrons. The van der Waals surface area contributed by atoms with Gasteiger partial charge >= 0.3 is 0 Å². The molecule has 0 aliphatic rings. The summed E-state index contributed by atoms with van der Waals surface area (Å²) in [7, 11) is 0. The summed E-state index contributed by atoms with van der Waals surface area (Å²) >= 11 is 0. The highest BCUT2D eigenvalue weighted by molar-refractivity contribution is 5.79. The lowest BCUT2D eigenvalue weighted by molar-refractivity contribution is 0.677. The first-order valence-corrected chi connectivity index (χ1v) is 10.5. The second-order valence-corrected chi connectivity index (χ2v) is 7.14. The third kappa shape index (κ3) is 5.60. The fourth-order valence-electron chi connectivity index (χ4n) is 3.36. The van der Waals surface area contributed by atoms with E-state index >= 15 is 0 Å². The summed E-state index contributed by atoms with van der Waals surface area (Å²) in [4.78, 5) is 4.77. The van der Waals surface area contributed by atoms with Gasteiger partial charge in [0.25, 0.3) is 0 Å². The van der Waals surface area contributed by atoms with Gasteiger partial charge in [0.2, 0.25) is 0 Å². The predicted octanol–water partition coefficient (Wildman–Crippen LogP) is 3.37. The Labute approximate surface area is 182 Å². The third-order valence-corrected chi connectivity index (χ3v) is 4.90. The molecule has 7 nitrogen and oxygen atoms in total. The number of aliphatic imine (C=N–C) groups is 1. The van der Waals surface area contributed by atoms with Gasteiger partial charge in [-0.05, 0) is 47.9 Å². The second kappa shape index (κ2) is 10.2. The average Bonchev–Trinajstić information content (AvgIpc) is 3.51. The molecule has 0 amide bonds. The van der Waals surface area contributed by atoms with Gasteiger partial charge in [0, 0.05) is 37.9 Å². The van der Waals surface area contributed by atoms with Crippen molar-refractivity contribution >= 4 is 5.96 Å². The molecule has 0 saturated carbocycles. The predicted molar refractivity (Wildman–Crippen MR) is 123 cm³/mol. The molecule has 158 valence electrons. The van der Waals surface area contributed by atoms with Crippen LogP contribution >= 0.6 is 0 Å². The van der Waals surface area contributed by atoms with Crippen molar-refractivity contribution in [3.63, 3.8) is 0 Å². The van der Waals surface area contributed by atoms with Crippen molar-refractivity contribution in [2.45, 2.75) is 26.6 Å². The molecule has 2 N–H and O–H groups in total. The lowest BCUT2D eigenvalue weighted by Crippen LogP contribution is -2.37. The standard InChI is InChI=1S/C24H27N7/c1-2-25-24(26-17-20-8-5-11-23(16-20)31-15-7-13-29-31)27-18-21-9-3-4-10-22(21)19-30-14-6-12-28-30/h3-16H,2,17-19H2,1H3,(H2,25,26,27). The van der Waals surface area contributed by atoms with E-state index in [9.17, 15) is 0 Å². The monoisotopic (exact) mass is 413 g/mol. The first-order chi connectivity index (χ1) is 15.3. The van der Waals surface area contributed by atoms with E-state index in [1.165, 1.54) is 11.1 Å². The van der Waals surface area contributed by atoms with E-state index < -0.39 is 0 Å². The maximum absolute atomic E-state index is 4.77. The molecule has 0 saturated heterocycles. The van der Waals surface area contributed by atoms with Crippen LogP contribution in [0.2, 0.25) is 0 Å². The molecular formula is C24H27N7. The SMILES string of the molecule is CCNC(=NCc1cccc(-n2cccn2)c1)NCc1ccccc1Cn1cccn1. The molecule has 2 aromatic carbocycles. The Kier molecular flexibility index (Phi) is 6.74. The van der Waals surface area contributed by atoms with Crippen LogP contribution in [0.4, 0.5) is 0 Å².